The molecular weight excluding hydrogens is 393 g/mol. The molecule has 0 bridgehead atoms. The van der Waals surface area contributed by atoms with Crippen LogP contribution in [0.1, 0.15) is 20.8 Å². The Morgan fingerprint density at radius 3 is 2.63 bits per heavy atom. The third-order valence-corrected chi connectivity index (χ3v) is 4.58. The first-order chi connectivity index (χ1) is 13.0. The molecule has 0 atom stereocenters. The highest BCUT2D eigenvalue weighted by atomic mass is 35.5. The topological polar surface area (TPSA) is 80.8 Å². The second-order valence-electron chi connectivity index (χ2n) is 5.74. The van der Waals surface area contributed by atoms with Gasteiger partial charge in [-0.25, -0.2) is 9.78 Å². The van der Waals surface area contributed by atoms with Crippen LogP contribution >= 0.6 is 23.2 Å². The molecule has 0 aliphatic carbocycles. The van der Waals surface area contributed by atoms with Crippen LogP contribution in [0.15, 0.2) is 30.3 Å². The molecule has 1 aromatic heterocycles. The van der Waals surface area contributed by atoms with Gasteiger partial charge in [-0.1, -0.05) is 23.2 Å². The van der Waals surface area contributed by atoms with E-state index in [1.807, 2.05) is 6.07 Å². The van der Waals surface area contributed by atoms with Gasteiger partial charge in [0.15, 0.2) is 0 Å². The lowest BCUT2D eigenvalue weighted by Crippen LogP contribution is -2.36. The first kappa shape index (κ1) is 19.4. The zero-order chi connectivity index (χ0) is 19.4. The zero-order valence-electron chi connectivity index (χ0n) is 14.5. The Balaban J connectivity index is 1.90. The number of aromatic nitrogens is 1. The van der Waals surface area contributed by atoms with E-state index in [-0.39, 0.29) is 21.4 Å². The fourth-order valence-corrected chi connectivity index (χ4v) is 3.04. The molecule has 142 valence electrons. The standard InChI is InChI=1S/C18H17Cl2N3O4/c1-26-18(25)12-10-11(23-6-8-27-9-7-23)2-4-14(12)21-17(24)16-13(19)3-5-15(20)22-16/h2-5,10H,6-9H2,1H3,(H,21,24). The minimum atomic E-state index is -0.577. The van der Waals surface area contributed by atoms with E-state index in [4.69, 9.17) is 32.7 Å². The van der Waals surface area contributed by atoms with Crippen LogP contribution in [0.25, 0.3) is 0 Å². The van der Waals surface area contributed by atoms with Gasteiger partial charge in [-0.15, -0.1) is 0 Å². The van der Waals surface area contributed by atoms with Crippen molar-refractivity contribution in [1.29, 1.82) is 0 Å². The van der Waals surface area contributed by atoms with Crippen molar-refractivity contribution in [2.24, 2.45) is 0 Å². The summed E-state index contributed by atoms with van der Waals surface area (Å²) in [5.74, 6) is -1.14. The number of pyridine rings is 1. The number of nitrogens with zero attached hydrogens (tertiary/aromatic N) is 2. The Kier molecular flexibility index (Phi) is 6.15. The van der Waals surface area contributed by atoms with Gasteiger partial charge in [0, 0.05) is 18.8 Å². The van der Waals surface area contributed by atoms with E-state index >= 15 is 0 Å². The number of ether oxygens (including phenoxy) is 2. The summed E-state index contributed by atoms with van der Waals surface area (Å²) in [6.45, 7) is 2.67. The number of esters is 1. The normalized spacial score (nSPS) is 14.0. The van der Waals surface area contributed by atoms with Crippen LogP contribution in [-0.4, -0.2) is 50.3 Å². The van der Waals surface area contributed by atoms with Crippen molar-refractivity contribution in [3.8, 4) is 0 Å². The van der Waals surface area contributed by atoms with Gasteiger partial charge >= 0.3 is 5.97 Å². The van der Waals surface area contributed by atoms with E-state index in [0.717, 1.165) is 5.69 Å². The number of methoxy groups -OCH3 is 1. The third kappa shape index (κ3) is 4.50. The number of halogens is 2. The molecule has 0 spiro atoms. The van der Waals surface area contributed by atoms with Crippen molar-refractivity contribution < 1.29 is 19.1 Å². The van der Waals surface area contributed by atoms with Crippen LogP contribution in [0.4, 0.5) is 11.4 Å². The van der Waals surface area contributed by atoms with Crippen molar-refractivity contribution in [2.45, 2.75) is 0 Å². The Hall–Kier alpha value is -2.35. The molecule has 9 heteroatoms. The number of amides is 1. The molecule has 2 aromatic rings. The van der Waals surface area contributed by atoms with E-state index in [1.165, 1.54) is 19.2 Å². The highest BCUT2D eigenvalue weighted by Gasteiger charge is 2.20. The zero-order valence-corrected chi connectivity index (χ0v) is 16.0. The quantitative estimate of drug-likeness (QED) is 0.616. The Bertz CT molecular complexity index is 870. The summed E-state index contributed by atoms with van der Waals surface area (Å²) in [7, 11) is 1.28. The minimum absolute atomic E-state index is 0.0303. The molecule has 1 amide bonds. The van der Waals surface area contributed by atoms with Gasteiger partial charge < -0.3 is 19.7 Å². The number of carbonyl (C=O) groups excluding carboxylic acids is 2. The number of rotatable bonds is 4. The number of carbonyl (C=O) groups is 2. The second-order valence-corrected chi connectivity index (χ2v) is 6.53. The maximum atomic E-state index is 12.5. The lowest BCUT2D eigenvalue weighted by Gasteiger charge is -2.29. The predicted octanol–water partition coefficient (Wildman–Crippen LogP) is 3.26. The van der Waals surface area contributed by atoms with Crippen LogP contribution < -0.4 is 10.2 Å². The van der Waals surface area contributed by atoms with Gasteiger partial charge in [-0.3, -0.25) is 4.79 Å². The SMILES string of the molecule is COC(=O)c1cc(N2CCOCC2)ccc1NC(=O)c1nc(Cl)ccc1Cl. The smallest absolute Gasteiger partial charge is 0.340 e. The van der Waals surface area contributed by atoms with Crippen LogP contribution in [0.5, 0.6) is 0 Å². The fourth-order valence-electron chi connectivity index (χ4n) is 2.70. The van der Waals surface area contributed by atoms with E-state index in [2.05, 4.69) is 15.2 Å². The number of morpholine rings is 1. The second kappa shape index (κ2) is 8.56. The molecule has 0 saturated carbocycles. The van der Waals surface area contributed by atoms with Crippen molar-refractivity contribution in [2.75, 3.05) is 43.6 Å². The fraction of sp³-hybridized carbons (Fsp3) is 0.278. The van der Waals surface area contributed by atoms with E-state index < -0.39 is 11.9 Å². The van der Waals surface area contributed by atoms with Crippen molar-refractivity contribution >= 4 is 46.5 Å². The van der Waals surface area contributed by atoms with Gasteiger partial charge in [0.2, 0.25) is 0 Å². The molecule has 2 heterocycles. The Labute approximate surface area is 166 Å². The highest BCUT2D eigenvalue weighted by molar-refractivity contribution is 6.35. The van der Waals surface area contributed by atoms with Gasteiger partial charge in [0.1, 0.15) is 10.8 Å². The molecule has 1 aliphatic rings. The average Bonchev–Trinajstić information content (AvgIpc) is 2.70. The largest absolute Gasteiger partial charge is 0.465 e. The van der Waals surface area contributed by atoms with Crippen LogP contribution in [-0.2, 0) is 9.47 Å². The molecule has 0 radical (unpaired) electrons. The maximum Gasteiger partial charge on any atom is 0.340 e. The number of hydrogen-bond donors (Lipinski definition) is 1. The highest BCUT2D eigenvalue weighted by Crippen LogP contribution is 2.26. The summed E-state index contributed by atoms with van der Waals surface area (Å²) >= 11 is 11.9. The molecule has 7 nitrogen and oxygen atoms in total. The average molecular weight is 410 g/mol. The number of benzene rings is 1. The number of anilines is 2. The van der Waals surface area contributed by atoms with Gasteiger partial charge in [0.05, 0.1) is 36.6 Å². The first-order valence-electron chi connectivity index (χ1n) is 8.18. The lowest BCUT2D eigenvalue weighted by atomic mass is 10.1. The van der Waals surface area contributed by atoms with Gasteiger partial charge in [-0.2, -0.15) is 0 Å². The minimum Gasteiger partial charge on any atom is -0.465 e. The summed E-state index contributed by atoms with van der Waals surface area (Å²) < 4.78 is 10.2. The summed E-state index contributed by atoms with van der Waals surface area (Å²) in [6.07, 6.45) is 0. The molecule has 1 aromatic carbocycles. The van der Waals surface area contributed by atoms with Crippen LogP contribution in [0, 0.1) is 0 Å². The van der Waals surface area contributed by atoms with Crippen molar-refractivity contribution in [3.05, 3.63) is 51.8 Å². The molecule has 1 fully saturated rings. The molecule has 27 heavy (non-hydrogen) atoms. The molecular formula is C18H17Cl2N3O4. The molecule has 1 N–H and O–H groups in total. The molecule has 1 saturated heterocycles. The Morgan fingerprint density at radius 2 is 1.93 bits per heavy atom. The van der Waals surface area contributed by atoms with E-state index in [9.17, 15) is 9.59 Å². The molecule has 1 aliphatic heterocycles. The number of hydrogen-bond acceptors (Lipinski definition) is 6. The first-order valence-corrected chi connectivity index (χ1v) is 8.93. The third-order valence-electron chi connectivity index (χ3n) is 4.06. The molecule has 3 rings (SSSR count). The van der Waals surface area contributed by atoms with E-state index in [0.29, 0.717) is 32.0 Å². The summed E-state index contributed by atoms with van der Waals surface area (Å²) in [5, 5.41) is 2.95. The predicted molar refractivity (Wildman–Crippen MR) is 103 cm³/mol. The van der Waals surface area contributed by atoms with Crippen LogP contribution in [0.2, 0.25) is 10.2 Å². The van der Waals surface area contributed by atoms with Gasteiger partial charge in [0.25, 0.3) is 5.91 Å². The maximum absolute atomic E-state index is 12.5. The van der Waals surface area contributed by atoms with Crippen LogP contribution in [0.3, 0.4) is 0 Å². The van der Waals surface area contributed by atoms with Gasteiger partial charge in [-0.05, 0) is 30.3 Å². The summed E-state index contributed by atoms with van der Waals surface area (Å²) in [6, 6.07) is 8.11. The number of nitrogens with one attached hydrogen (secondary N) is 1. The lowest BCUT2D eigenvalue weighted by molar-refractivity contribution is 0.0602. The Morgan fingerprint density at radius 1 is 1.19 bits per heavy atom. The van der Waals surface area contributed by atoms with Crippen molar-refractivity contribution in [3.63, 3.8) is 0 Å². The van der Waals surface area contributed by atoms with E-state index in [1.54, 1.807) is 12.1 Å². The summed E-state index contributed by atoms with van der Waals surface area (Å²) in [5.41, 5.74) is 1.34. The monoisotopic (exact) mass is 409 g/mol. The summed E-state index contributed by atoms with van der Waals surface area (Å²) in [4.78, 5) is 30.8. The molecule has 0 unspecified atom stereocenters. The van der Waals surface area contributed by atoms with Crippen molar-refractivity contribution in [1.82, 2.24) is 4.98 Å².